The molecular weight excluding hydrogens is 150 g/mol. The van der Waals surface area contributed by atoms with E-state index < -0.39 is 0 Å². The van der Waals surface area contributed by atoms with Crippen molar-refractivity contribution in [3.05, 3.63) is 30.1 Å². The van der Waals surface area contributed by atoms with E-state index >= 15 is 0 Å². The van der Waals surface area contributed by atoms with E-state index in [2.05, 4.69) is 17.1 Å². The topological polar surface area (TPSA) is 22.1 Å². The van der Waals surface area contributed by atoms with E-state index in [4.69, 9.17) is 4.74 Å². The molecule has 1 fully saturated rings. The molecule has 2 nitrogen and oxygen atoms in total. The van der Waals surface area contributed by atoms with Gasteiger partial charge in [0.2, 0.25) is 0 Å². The minimum absolute atomic E-state index is 0.599. The number of aromatic nitrogens is 1. The molecule has 0 bridgehead atoms. The summed E-state index contributed by atoms with van der Waals surface area (Å²) in [7, 11) is 0. The van der Waals surface area contributed by atoms with Gasteiger partial charge in [0.25, 0.3) is 0 Å². The Morgan fingerprint density at radius 3 is 2.83 bits per heavy atom. The van der Waals surface area contributed by atoms with Gasteiger partial charge < -0.3 is 4.74 Å². The van der Waals surface area contributed by atoms with Gasteiger partial charge in [0.1, 0.15) is 0 Å². The molecule has 1 aliphatic rings. The van der Waals surface area contributed by atoms with Gasteiger partial charge in [0.05, 0.1) is 6.61 Å². The van der Waals surface area contributed by atoms with Gasteiger partial charge in [-0.3, -0.25) is 4.98 Å². The molecule has 0 radical (unpaired) electrons. The molecule has 0 spiro atoms. The molecule has 1 saturated heterocycles. The lowest BCUT2D eigenvalue weighted by molar-refractivity contribution is 0.0804. The molecule has 1 atom stereocenters. The molecule has 1 aromatic heterocycles. The number of pyridine rings is 1. The van der Waals surface area contributed by atoms with Gasteiger partial charge in [-0.05, 0) is 30.5 Å². The molecule has 0 aromatic carbocycles. The minimum Gasteiger partial charge on any atom is -0.381 e. The summed E-state index contributed by atoms with van der Waals surface area (Å²) in [6, 6.07) is 4.17. The number of hydrogen-bond acceptors (Lipinski definition) is 2. The van der Waals surface area contributed by atoms with Crippen molar-refractivity contribution in [2.45, 2.75) is 18.8 Å². The van der Waals surface area contributed by atoms with Crippen LogP contribution in [0.1, 0.15) is 24.3 Å². The van der Waals surface area contributed by atoms with Crippen LogP contribution in [-0.4, -0.2) is 18.2 Å². The second kappa shape index (κ2) is 3.68. The van der Waals surface area contributed by atoms with E-state index in [1.807, 2.05) is 12.4 Å². The highest BCUT2D eigenvalue weighted by Crippen LogP contribution is 2.24. The average molecular weight is 163 g/mol. The summed E-state index contributed by atoms with van der Waals surface area (Å²) in [4.78, 5) is 4.00. The Labute approximate surface area is 72.6 Å². The van der Waals surface area contributed by atoms with Crippen molar-refractivity contribution in [2.24, 2.45) is 0 Å². The number of hydrogen-bond donors (Lipinski definition) is 0. The Balaban J connectivity index is 2.08. The first-order valence-corrected chi connectivity index (χ1v) is 4.44. The van der Waals surface area contributed by atoms with Crippen LogP contribution in [0.4, 0.5) is 0 Å². The van der Waals surface area contributed by atoms with E-state index in [1.54, 1.807) is 0 Å². The van der Waals surface area contributed by atoms with Crippen LogP contribution in [0.3, 0.4) is 0 Å². The van der Waals surface area contributed by atoms with Crippen molar-refractivity contribution in [3.8, 4) is 0 Å². The predicted molar refractivity (Wildman–Crippen MR) is 47.0 cm³/mol. The zero-order valence-electron chi connectivity index (χ0n) is 7.07. The Morgan fingerprint density at radius 2 is 2.17 bits per heavy atom. The van der Waals surface area contributed by atoms with Crippen molar-refractivity contribution in [2.75, 3.05) is 13.2 Å². The van der Waals surface area contributed by atoms with Gasteiger partial charge in [0, 0.05) is 24.9 Å². The maximum Gasteiger partial charge on any atom is 0.0534 e. The third-order valence-corrected chi connectivity index (χ3v) is 2.34. The fourth-order valence-electron chi connectivity index (χ4n) is 1.64. The monoisotopic (exact) mass is 163 g/mol. The smallest absolute Gasteiger partial charge is 0.0534 e. The van der Waals surface area contributed by atoms with Crippen LogP contribution in [0.15, 0.2) is 24.5 Å². The summed E-state index contributed by atoms with van der Waals surface area (Å²) < 4.78 is 5.42. The highest BCUT2D eigenvalue weighted by molar-refractivity contribution is 5.16. The molecular formula is C10H13NO. The largest absolute Gasteiger partial charge is 0.381 e. The van der Waals surface area contributed by atoms with Crippen LogP contribution >= 0.6 is 0 Å². The Hall–Kier alpha value is -0.890. The molecule has 0 N–H and O–H groups in total. The fraction of sp³-hybridized carbons (Fsp3) is 0.500. The van der Waals surface area contributed by atoms with E-state index in [0.717, 1.165) is 13.2 Å². The molecule has 1 aromatic rings. The van der Waals surface area contributed by atoms with E-state index in [0.29, 0.717) is 5.92 Å². The Morgan fingerprint density at radius 1 is 1.33 bits per heavy atom. The van der Waals surface area contributed by atoms with Crippen LogP contribution < -0.4 is 0 Å². The van der Waals surface area contributed by atoms with Gasteiger partial charge >= 0.3 is 0 Å². The lowest BCUT2D eigenvalue weighted by Gasteiger charge is -2.21. The van der Waals surface area contributed by atoms with Crippen LogP contribution in [0.25, 0.3) is 0 Å². The van der Waals surface area contributed by atoms with Crippen molar-refractivity contribution in [1.82, 2.24) is 4.98 Å². The minimum atomic E-state index is 0.599. The summed E-state index contributed by atoms with van der Waals surface area (Å²) in [6.07, 6.45) is 6.14. The molecule has 0 aliphatic carbocycles. The molecule has 12 heavy (non-hydrogen) atoms. The Bertz CT molecular complexity index is 229. The van der Waals surface area contributed by atoms with Gasteiger partial charge in [-0.15, -0.1) is 0 Å². The first-order chi connectivity index (χ1) is 5.97. The normalized spacial score (nSPS) is 23.8. The zero-order valence-corrected chi connectivity index (χ0v) is 7.07. The SMILES string of the molecule is c1cc(C2CCCOC2)ccn1. The standard InChI is InChI=1S/C10H13NO/c1-2-10(8-12-7-1)9-3-5-11-6-4-9/h3-6,10H,1-2,7-8H2. The van der Waals surface area contributed by atoms with Crippen LogP contribution in [0.5, 0.6) is 0 Å². The summed E-state index contributed by atoms with van der Waals surface area (Å²) in [5.74, 6) is 0.599. The molecule has 2 heterocycles. The zero-order chi connectivity index (χ0) is 8.23. The first-order valence-electron chi connectivity index (χ1n) is 4.44. The second-order valence-corrected chi connectivity index (χ2v) is 3.19. The molecule has 0 amide bonds. The third-order valence-electron chi connectivity index (χ3n) is 2.34. The molecule has 1 aliphatic heterocycles. The summed E-state index contributed by atoms with van der Waals surface area (Å²) in [6.45, 7) is 1.81. The molecule has 2 rings (SSSR count). The quantitative estimate of drug-likeness (QED) is 0.631. The van der Waals surface area contributed by atoms with Gasteiger partial charge in [-0.25, -0.2) is 0 Å². The molecule has 64 valence electrons. The Kier molecular flexibility index (Phi) is 2.37. The maximum absolute atomic E-state index is 5.42. The first kappa shape index (κ1) is 7.74. The molecule has 1 unspecified atom stereocenters. The maximum atomic E-state index is 5.42. The van der Waals surface area contributed by atoms with Gasteiger partial charge in [-0.1, -0.05) is 0 Å². The number of rotatable bonds is 1. The van der Waals surface area contributed by atoms with Gasteiger partial charge in [-0.2, -0.15) is 0 Å². The van der Waals surface area contributed by atoms with Crippen molar-refractivity contribution in [1.29, 1.82) is 0 Å². The molecule has 0 saturated carbocycles. The molecule has 2 heteroatoms. The van der Waals surface area contributed by atoms with Crippen LogP contribution in [-0.2, 0) is 4.74 Å². The lowest BCUT2D eigenvalue weighted by atomic mass is 9.95. The third kappa shape index (κ3) is 1.64. The van der Waals surface area contributed by atoms with Crippen molar-refractivity contribution in [3.63, 3.8) is 0 Å². The van der Waals surface area contributed by atoms with Crippen molar-refractivity contribution >= 4 is 0 Å². The van der Waals surface area contributed by atoms with Crippen molar-refractivity contribution < 1.29 is 4.74 Å². The summed E-state index contributed by atoms with van der Waals surface area (Å²) >= 11 is 0. The lowest BCUT2D eigenvalue weighted by Crippen LogP contribution is -2.15. The highest BCUT2D eigenvalue weighted by atomic mass is 16.5. The van der Waals surface area contributed by atoms with Gasteiger partial charge in [0.15, 0.2) is 0 Å². The summed E-state index contributed by atoms with van der Waals surface area (Å²) in [5, 5.41) is 0. The number of ether oxygens (including phenoxy) is 1. The van der Waals surface area contributed by atoms with E-state index in [-0.39, 0.29) is 0 Å². The van der Waals surface area contributed by atoms with E-state index in [1.165, 1.54) is 18.4 Å². The van der Waals surface area contributed by atoms with Crippen LogP contribution in [0, 0.1) is 0 Å². The number of nitrogens with zero attached hydrogens (tertiary/aromatic N) is 1. The highest BCUT2D eigenvalue weighted by Gasteiger charge is 2.14. The fourth-order valence-corrected chi connectivity index (χ4v) is 1.64. The summed E-state index contributed by atoms with van der Waals surface area (Å²) in [5.41, 5.74) is 1.37. The predicted octanol–water partition coefficient (Wildman–Crippen LogP) is 1.98. The second-order valence-electron chi connectivity index (χ2n) is 3.19. The van der Waals surface area contributed by atoms with E-state index in [9.17, 15) is 0 Å². The van der Waals surface area contributed by atoms with Crippen LogP contribution in [0.2, 0.25) is 0 Å². The average Bonchev–Trinajstić information content (AvgIpc) is 2.21.